The summed E-state index contributed by atoms with van der Waals surface area (Å²) in [6.45, 7) is 5.82. The number of rotatable bonds is 5. The molecular weight excluding hydrogens is 284 g/mol. The van der Waals surface area contributed by atoms with Crippen LogP contribution in [-0.2, 0) is 0 Å². The number of amides is 1. The third kappa shape index (κ3) is 3.89. The molecule has 112 valence electrons. The van der Waals surface area contributed by atoms with Gasteiger partial charge in [0.2, 0.25) is 0 Å². The standard InChI is InChI=1S/C16H20N2O2S/c1-10-4-6-13(7-5-10)14(8-9-19)18-16(20)15-11(2)21-12(3)17-15/h4-7,14,19H,8-9H2,1-3H3,(H,18,20)/t14-/m0/s1. The second-order valence-corrected chi connectivity index (χ2v) is 6.49. The molecule has 4 nitrogen and oxygen atoms in total. The highest BCUT2D eigenvalue weighted by molar-refractivity contribution is 7.11. The fourth-order valence-electron chi connectivity index (χ4n) is 2.22. The van der Waals surface area contributed by atoms with Gasteiger partial charge in [-0.3, -0.25) is 4.79 Å². The fraction of sp³-hybridized carbons (Fsp3) is 0.375. The van der Waals surface area contributed by atoms with Crippen LogP contribution in [0.15, 0.2) is 24.3 Å². The Hall–Kier alpha value is -1.72. The Kier molecular flexibility index (Phi) is 5.09. The molecular formula is C16H20N2O2S. The minimum absolute atomic E-state index is 0.0217. The molecule has 0 radical (unpaired) electrons. The zero-order chi connectivity index (χ0) is 15.4. The number of benzene rings is 1. The number of carbonyl (C=O) groups is 1. The number of thiazole rings is 1. The van der Waals surface area contributed by atoms with Crippen LogP contribution in [0.25, 0.3) is 0 Å². The first-order valence-corrected chi connectivity index (χ1v) is 7.75. The molecule has 0 aliphatic rings. The van der Waals surface area contributed by atoms with E-state index in [0.717, 1.165) is 15.4 Å². The molecule has 2 rings (SSSR count). The van der Waals surface area contributed by atoms with E-state index in [4.69, 9.17) is 0 Å². The molecule has 1 amide bonds. The number of nitrogens with zero attached hydrogens (tertiary/aromatic N) is 1. The van der Waals surface area contributed by atoms with E-state index in [9.17, 15) is 9.90 Å². The van der Waals surface area contributed by atoms with E-state index < -0.39 is 0 Å². The van der Waals surface area contributed by atoms with Gasteiger partial charge in [-0.1, -0.05) is 29.8 Å². The topological polar surface area (TPSA) is 62.2 Å². The van der Waals surface area contributed by atoms with Crippen LogP contribution in [0.3, 0.4) is 0 Å². The number of aryl methyl sites for hydroxylation is 3. The van der Waals surface area contributed by atoms with E-state index in [-0.39, 0.29) is 18.6 Å². The Morgan fingerprint density at radius 3 is 2.48 bits per heavy atom. The summed E-state index contributed by atoms with van der Waals surface area (Å²) < 4.78 is 0. The average molecular weight is 304 g/mol. The minimum Gasteiger partial charge on any atom is -0.396 e. The van der Waals surface area contributed by atoms with Crippen LogP contribution in [-0.4, -0.2) is 22.6 Å². The largest absolute Gasteiger partial charge is 0.396 e. The third-order valence-corrected chi connectivity index (χ3v) is 4.21. The molecule has 0 aliphatic carbocycles. The third-order valence-electron chi connectivity index (χ3n) is 3.32. The molecule has 1 heterocycles. The van der Waals surface area contributed by atoms with Gasteiger partial charge in [0.25, 0.3) is 5.91 Å². The molecule has 0 spiro atoms. The molecule has 2 aromatic rings. The van der Waals surface area contributed by atoms with Crippen molar-refractivity contribution in [3.05, 3.63) is 51.0 Å². The minimum atomic E-state index is -0.204. The zero-order valence-corrected chi connectivity index (χ0v) is 13.3. The van der Waals surface area contributed by atoms with E-state index in [1.54, 1.807) is 0 Å². The van der Waals surface area contributed by atoms with Gasteiger partial charge in [0.05, 0.1) is 11.0 Å². The highest BCUT2D eigenvalue weighted by Gasteiger charge is 2.19. The van der Waals surface area contributed by atoms with Crippen LogP contribution in [0.2, 0.25) is 0 Å². The summed E-state index contributed by atoms with van der Waals surface area (Å²) in [6, 6.07) is 7.77. The molecule has 0 aliphatic heterocycles. The quantitative estimate of drug-likeness (QED) is 0.893. The molecule has 5 heteroatoms. The van der Waals surface area contributed by atoms with Gasteiger partial charge < -0.3 is 10.4 Å². The van der Waals surface area contributed by atoms with Gasteiger partial charge in [-0.15, -0.1) is 11.3 Å². The second kappa shape index (κ2) is 6.83. The lowest BCUT2D eigenvalue weighted by molar-refractivity contribution is 0.0925. The Morgan fingerprint density at radius 2 is 1.95 bits per heavy atom. The van der Waals surface area contributed by atoms with Gasteiger partial charge in [-0.25, -0.2) is 4.98 Å². The van der Waals surface area contributed by atoms with Crippen LogP contribution in [0.5, 0.6) is 0 Å². The van der Waals surface area contributed by atoms with E-state index in [2.05, 4.69) is 10.3 Å². The van der Waals surface area contributed by atoms with Crippen molar-refractivity contribution in [2.24, 2.45) is 0 Å². The van der Waals surface area contributed by atoms with Crippen molar-refractivity contribution in [2.45, 2.75) is 33.2 Å². The number of carbonyl (C=O) groups excluding carboxylic acids is 1. The van der Waals surface area contributed by atoms with Gasteiger partial charge in [0.1, 0.15) is 5.69 Å². The van der Waals surface area contributed by atoms with Crippen molar-refractivity contribution in [3.8, 4) is 0 Å². The van der Waals surface area contributed by atoms with E-state index >= 15 is 0 Å². The van der Waals surface area contributed by atoms with Crippen molar-refractivity contribution in [1.82, 2.24) is 10.3 Å². The lowest BCUT2D eigenvalue weighted by Gasteiger charge is -2.18. The summed E-state index contributed by atoms with van der Waals surface area (Å²) in [7, 11) is 0. The van der Waals surface area contributed by atoms with Crippen LogP contribution < -0.4 is 5.32 Å². The summed E-state index contributed by atoms with van der Waals surface area (Å²) in [6.07, 6.45) is 0.483. The first kappa shape index (κ1) is 15.7. The fourth-order valence-corrected chi connectivity index (χ4v) is 3.03. The van der Waals surface area contributed by atoms with Gasteiger partial charge in [0.15, 0.2) is 0 Å². The Morgan fingerprint density at radius 1 is 1.29 bits per heavy atom. The molecule has 0 saturated carbocycles. The molecule has 0 unspecified atom stereocenters. The maximum atomic E-state index is 12.4. The number of nitrogens with one attached hydrogen (secondary N) is 1. The Balaban J connectivity index is 2.18. The van der Waals surface area contributed by atoms with Gasteiger partial charge in [-0.05, 0) is 32.8 Å². The van der Waals surface area contributed by atoms with Gasteiger partial charge in [0, 0.05) is 11.5 Å². The molecule has 0 fully saturated rings. The molecule has 0 saturated heterocycles. The van der Waals surface area contributed by atoms with Gasteiger partial charge >= 0.3 is 0 Å². The predicted molar refractivity (Wildman–Crippen MR) is 84.7 cm³/mol. The summed E-state index contributed by atoms with van der Waals surface area (Å²) >= 11 is 1.51. The molecule has 21 heavy (non-hydrogen) atoms. The maximum Gasteiger partial charge on any atom is 0.271 e. The highest BCUT2D eigenvalue weighted by atomic mass is 32.1. The van der Waals surface area contributed by atoms with Crippen molar-refractivity contribution in [2.75, 3.05) is 6.61 Å². The summed E-state index contributed by atoms with van der Waals surface area (Å²) in [4.78, 5) is 17.5. The number of aliphatic hydroxyl groups is 1. The van der Waals surface area contributed by atoms with E-state index in [1.165, 1.54) is 16.9 Å². The van der Waals surface area contributed by atoms with Crippen LogP contribution in [0.1, 0.15) is 44.0 Å². The maximum absolute atomic E-state index is 12.4. The molecule has 1 atom stereocenters. The Bertz CT molecular complexity index is 620. The summed E-state index contributed by atoms with van der Waals surface area (Å²) in [5, 5.41) is 13.1. The zero-order valence-electron chi connectivity index (χ0n) is 12.5. The van der Waals surface area contributed by atoms with Crippen molar-refractivity contribution < 1.29 is 9.90 Å². The lowest BCUT2D eigenvalue weighted by Crippen LogP contribution is -2.30. The first-order chi connectivity index (χ1) is 10.0. The molecule has 0 bridgehead atoms. The van der Waals surface area contributed by atoms with E-state index in [1.807, 2.05) is 45.0 Å². The lowest BCUT2D eigenvalue weighted by atomic mass is 10.0. The first-order valence-electron chi connectivity index (χ1n) is 6.93. The van der Waals surface area contributed by atoms with Crippen LogP contribution in [0, 0.1) is 20.8 Å². The smallest absolute Gasteiger partial charge is 0.271 e. The second-order valence-electron chi connectivity index (χ2n) is 5.09. The van der Waals surface area contributed by atoms with Gasteiger partial charge in [-0.2, -0.15) is 0 Å². The average Bonchev–Trinajstić information content (AvgIpc) is 2.78. The monoisotopic (exact) mass is 304 g/mol. The number of hydrogen-bond acceptors (Lipinski definition) is 4. The SMILES string of the molecule is Cc1ccc([C@H](CCO)NC(=O)c2nc(C)sc2C)cc1. The number of hydrogen-bond donors (Lipinski definition) is 2. The number of aliphatic hydroxyl groups excluding tert-OH is 1. The molecule has 1 aromatic carbocycles. The molecule has 2 N–H and O–H groups in total. The van der Waals surface area contributed by atoms with Crippen molar-refractivity contribution in [3.63, 3.8) is 0 Å². The predicted octanol–water partition coefficient (Wildman–Crippen LogP) is 2.92. The van der Waals surface area contributed by atoms with Crippen molar-refractivity contribution in [1.29, 1.82) is 0 Å². The molecule has 1 aromatic heterocycles. The summed E-state index contributed by atoms with van der Waals surface area (Å²) in [5.41, 5.74) is 2.64. The number of aromatic nitrogens is 1. The van der Waals surface area contributed by atoms with Crippen molar-refractivity contribution >= 4 is 17.2 Å². The Labute approximate surface area is 128 Å². The van der Waals surface area contributed by atoms with Crippen LogP contribution in [0.4, 0.5) is 0 Å². The van der Waals surface area contributed by atoms with Crippen LogP contribution >= 0.6 is 11.3 Å². The summed E-state index contributed by atoms with van der Waals surface area (Å²) in [5.74, 6) is -0.184. The van der Waals surface area contributed by atoms with E-state index in [0.29, 0.717) is 12.1 Å². The normalized spacial score (nSPS) is 12.2. The highest BCUT2D eigenvalue weighted by Crippen LogP contribution is 2.20.